The summed E-state index contributed by atoms with van der Waals surface area (Å²) in [6.45, 7) is 2.23. The van der Waals surface area contributed by atoms with Crippen LogP contribution < -0.4 is 25.6 Å². The summed E-state index contributed by atoms with van der Waals surface area (Å²) >= 11 is 0. The fourth-order valence-electron chi connectivity index (χ4n) is 10.1. The largest absolute Gasteiger partial charge is 0.354 e. The molecule has 0 saturated carbocycles. The lowest BCUT2D eigenvalue weighted by Crippen LogP contribution is -2.77. The second kappa shape index (κ2) is 13.1. The maximum Gasteiger partial charge on any atom is 0.184 e. The van der Waals surface area contributed by atoms with Crippen molar-refractivity contribution in [2.75, 3.05) is 4.90 Å². The topological polar surface area (TPSA) is 34.8 Å². The van der Waals surface area contributed by atoms with E-state index in [9.17, 15) is 0 Å². The van der Waals surface area contributed by atoms with Gasteiger partial charge in [-0.25, -0.2) is 0 Å². The summed E-state index contributed by atoms with van der Waals surface area (Å²) in [5, 5.41) is 10.4. The number of nitrogens with zero attached hydrogens (tertiary/aromatic N) is 1. The summed E-state index contributed by atoms with van der Waals surface area (Å²) in [5.41, 5.74) is 14.3. The van der Waals surface area contributed by atoms with Crippen LogP contribution in [0.15, 0.2) is 206 Å². The van der Waals surface area contributed by atoms with Crippen LogP contribution in [0.5, 0.6) is 0 Å². The van der Waals surface area contributed by atoms with E-state index in [4.69, 9.17) is 0 Å². The summed E-state index contributed by atoms with van der Waals surface area (Å²) in [4.78, 5) is 10.2. The monoisotopic (exact) mass is 769 g/mol. The Kier molecular flexibility index (Phi) is 7.47. The number of fused-ring (bicyclic) bond motifs is 8. The van der Waals surface area contributed by atoms with Crippen molar-refractivity contribution in [2.45, 2.75) is 6.92 Å². The minimum atomic E-state index is -3.06. The number of anilines is 3. The molecule has 0 spiro atoms. The number of aryl methyl sites for hydroxylation is 1. The Balaban J connectivity index is 1.21. The highest BCUT2D eigenvalue weighted by Crippen LogP contribution is 2.43. The maximum atomic E-state index is 3.81. The van der Waals surface area contributed by atoms with Crippen LogP contribution in [0.4, 0.5) is 17.1 Å². The molecule has 0 amide bonds. The first-order chi connectivity index (χ1) is 29.2. The number of aromatic nitrogens is 2. The summed E-state index contributed by atoms with van der Waals surface area (Å²) < 4.78 is 0. The molecule has 11 aromatic rings. The molecule has 0 saturated heterocycles. The van der Waals surface area contributed by atoms with Crippen LogP contribution in [-0.4, -0.2) is 18.0 Å². The molecule has 9 aromatic carbocycles. The Morgan fingerprint density at radius 3 is 1.32 bits per heavy atom. The van der Waals surface area contributed by atoms with Crippen molar-refractivity contribution < 1.29 is 0 Å². The van der Waals surface area contributed by atoms with Crippen molar-refractivity contribution in [3.8, 4) is 22.3 Å². The van der Waals surface area contributed by atoms with Crippen molar-refractivity contribution in [3.05, 3.63) is 212 Å². The van der Waals surface area contributed by atoms with Crippen molar-refractivity contribution >= 4 is 89.5 Å². The van der Waals surface area contributed by atoms with Crippen molar-refractivity contribution in [2.24, 2.45) is 0 Å². The molecular weight excluding hydrogens is 731 g/mol. The molecule has 1 aliphatic rings. The zero-order valence-corrected chi connectivity index (χ0v) is 33.6. The third-order valence-corrected chi connectivity index (χ3v) is 17.6. The molecule has 59 heavy (non-hydrogen) atoms. The molecule has 4 heteroatoms. The molecule has 3 nitrogen and oxygen atoms in total. The highest BCUT2D eigenvalue weighted by Gasteiger charge is 2.49. The number of benzene rings is 9. The SMILES string of the molecule is Cc1ccccc1N1c2ccc(-c3cccc4c3[nH]c3ccccc34)cc2[Si](c2ccccc2)(c2ccccc2)c2cc(-c3cccc4c3[nH]c3ccccc34)ccc21. The van der Waals surface area contributed by atoms with Gasteiger partial charge in [-0.15, -0.1) is 0 Å². The molecule has 278 valence electrons. The van der Waals surface area contributed by atoms with E-state index >= 15 is 0 Å². The van der Waals surface area contributed by atoms with Gasteiger partial charge in [0.2, 0.25) is 0 Å². The molecule has 1 aliphatic heterocycles. The lowest BCUT2D eigenvalue weighted by atomic mass is 10.00. The zero-order chi connectivity index (χ0) is 39.1. The first-order valence-corrected chi connectivity index (χ1v) is 22.4. The first-order valence-electron chi connectivity index (χ1n) is 20.4. The third-order valence-electron chi connectivity index (χ3n) is 12.8. The van der Waals surface area contributed by atoms with Gasteiger partial charge in [0, 0.05) is 60.8 Å². The smallest absolute Gasteiger partial charge is 0.184 e. The zero-order valence-electron chi connectivity index (χ0n) is 32.6. The van der Waals surface area contributed by atoms with Gasteiger partial charge in [0.15, 0.2) is 8.07 Å². The van der Waals surface area contributed by atoms with Gasteiger partial charge in [0.25, 0.3) is 0 Å². The normalized spacial score (nSPS) is 13.3. The number of rotatable bonds is 5. The summed E-state index contributed by atoms with van der Waals surface area (Å²) in [6, 6.07) is 76.9. The number of nitrogens with one attached hydrogen (secondary N) is 2. The van der Waals surface area contributed by atoms with Crippen molar-refractivity contribution in [1.29, 1.82) is 0 Å². The van der Waals surface area contributed by atoms with Crippen LogP contribution >= 0.6 is 0 Å². The molecule has 0 fully saturated rings. The fourth-order valence-corrected chi connectivity index (χ4v) is 15.3. The molecule has 2 N–H and O–H groups in total. The summed E-state index contributed by atoms with van der Waals surface area (Å²) in [5.74, 6) is 0. The molecule has 0 radical (unpaired) electrons. The standard InChI is InChI=1S/C55H39N3Si/c1-36-16-8-13-29-49(36)58-50-32-30-37(41-23-14-25-45-43-21-9-11-27-47(43)56-54(41)45)34-52(50)59(39-17-4-2-5-18-39,40-19-6-3-7-20-40)53-35-38(31-33-51(53)58)42-24-15-26-46-44-22-10-12-28-48(44)57-55(42)46/h2-35,56-57H,1H3. The fraction of sp³-hybridized carbons (Fsp3) is 0.0182. The van der Waals surface area contributed by atoms with Gasteiger partial charge >= 0.3 is 0 Å². The molecular formula is C55H39N3Si. The average molecular weight is 770 g/mol. The van der Waals surface area contributed by atoms with E-state index in [1.165, 1.54) is 98.2 Å². The quantitative estimate of drug-likeness (QED) is 0.168. The van der Waals surface area contributed by atoms with Gasteiger partial charge < -0.3 is 14.9 Å². The molecule has 0 aliphatic carbocycles. The van der Waals surface area contributed by atoms with Gasteiger partial charge in [0.05, 0.1) is 11.0 Å². The lowest BCUT2D eigenvalue weighted by molar-refractivity contribution is 1.26. The van der Waals surface area contributed by atoms with Crippen LogP contribution in [-0.2, 0) is 0 Å². The second-order valence-electron chi connectivity index (χ2n) is 15.9. The van der Waals surface area contributed by atoms with Gasteiger partial charge in [-0.2, -0.15) is 0 Å². The summed E-state index contributed by atoms with van der Waals surface area (Å²) in [6.07, 6.45) is 0. The van der Waals surface area contributed by atoms with Crippen LogP contribution in [0.1, 0.15) is 5.56 Å². The molecule has 3 heterocycles. The highest BCUT2D eigenvalue weighted by atomic mass is 28.3. The van der Waals surface area contributed by atoms with Crippen LogP contribution in [0.2, 0.25) is 0 Å². The van der Waals surface area contributed by atoms with Crippen LogP contribution in [0.25, 0.3) is 65.9 Å². The van der Waals surface area contributed by atoms with E-state index in [0.29, 0.717) is 0 Å². The summed E-state index contributed by atoms with van der Waals surface area (Å²) in [7, 11) is -3.06. The number of hydrogen-bond acceptors (Lipinski definition) is 1. The Hall–Kier alpha value is -7.40. The average Bonchev–Trinajstić information content (AvgIpc) is 3.88. The van der Waals surface area contributed by atoms with E-state index in [1.54, 1.807) is 0 Å². The highest BCUT2D eigenvalue weighted by molar-refractivity contribution is 7.21. The molecule has 12 rings (SSSR count). The molecule has 0 atom stereocenters. The van der Waals surface area contributed by atoms with Gasteiger partial charge in [-0.1, -0.05) is 176 Å². The van der Waals surface area contributed by atoms with Crippen LogP contribution in [0.3, 0.4) is 0 Å². The number of hydrogen-bond donors (Lipinski definition) is 2. The number of para-hydroxylation sites is 5. The van der Waals surface area contributed by atoms with Gasteiger partial charge in [0.1, 0.15) is 0 Å². The Bertz CT molecular complexity index is 3210. The predicted octanol–water partition coefficient (Wildman–Crippen LogP) is 11.8. The van der Waals surface area contributed by atoms with E-state index < -0.39 is 8.07 Å². The Labute approximate surface area is 343 Å². The van der Waals surface area contributed by atoms with E-state index in [1.807, 2.05) is 0 Å². The Morgan fingerprint density at radius 2 is 0.814 bits per heavy atom. The van der Waals surface area contributed by atoms with Crippen molar-refractivity contribution in [1.82, 2.24) is 9.97 Å². The predicted molar refractivity (Wildman–Crippen MR) is 253 cm³/mol. The first kappa shape index (κ1) is 33.7. The van der Waals surface area contributed by atoms with E-state index in [2.05, 4.69) is 228 Å². The van der Waals surface area contributed by atoms with E-state index in [-0.39, 0.29) is 0 Å². The molecule has 0 unspecified atom stereocenters. The lowest BCUT2D eigenvalue weighted by Gasteiger charge is -2.45. The number of H-pyrrole nitrogens is 2. The van der Waals surface area contributed by atoms with Gasteiger partial charge in [-0.3, -0.25) is 0 Å². The minimum absolute atomic E-state index is 1.15. The maximum absolute atomic E-state index is 3.81. The second-order valence-corrected chi connectivity index (χ2v) is 19.6. The number of aromatic amines is 2. The molecule has 0 bridgehead atoms. The van der Waals surface area contributed by atoms with Crippen molar-refractivity contribution in [3.63, 3.8) is 0 Å². The Morgan fingerprint density at radius 1 is 0.373 bits per heavy atom. The van der Waals surface area contributed by atoms with E-state index in [0.717, 1.165) is 11.0 Å². The third kappa shape index (κ3) is 4.94. The van der Waals surface area contributed by atoms with Gasteiger partial charge in [-0.05, 0) is 74.7 Å². The van der Waals surface area contributed by atoms with Crippen LogP contribution in [0, 0.1) is 6.92 Å². The minimum Gasteiger partial charge on any atom is -0.354 e. The molecule has 2 aromatic heterocycles.